The van der Waals surface area contributed by atoms with Crippen LogP contribution in [0.5, 0.6) is 0 Å². The highest BCUT2D eigenvalue weighted by atomic mass is 16.3. The third-order valence-corrected chi connectivity index (χ3v) is 3.19. The van der Waals surface area contributed by atoms with Crippen LogP contribution in [0.1, 0.15) is 26.2 Å². The van der Waals surface area contributed by atoms with Crippen molar-refractivity contribution >= 4 is 5.91 Å². The molecule has 0 heterocycles. The van der Waals surface area contributed by atoms with Gasteiger partial charge in [0, 0.05) is 12.5 Å². The highest BCUT2D eigenvalue weighted by Gasteiger charge is 2.47. The minimum atomic E-state index is -0.431. The number of carbonyl (C=O) groups excluding carboxylic acids is 1. The van der Waals surface area contributed by atoms with Gasteiger partial charge in [-0.15, -0.1) is 0 Å². The Bertz CT molecular complexity index is 205. The van der Waals surface area contributed by atoms with Crippen LogP contribution < -0.4 is 5.32 Å². The maximum absolute atomic E-state index is 11.5. The van der Waals surface area contributed by atoms with Crippen LogP contribution in [0.3, 0.4) is 0 Å². The topological polar surface area (TPSA) is 49.3 Å². The average molecular weight is 183 g/mol. The lowest BCUT2D eigenvalue weighted by Gasteiger charge is -2.12. The Balaban J connectivity index is 1.71. The molecule has 3 nitrogen and oxygen atoms in total. The minimum absolute atomic E-state index is 0.146. The first-order valence-electron chi connectivity index (χ1n) is 5.12. The van der Waals surface area contributed by atoms with E-state index in [4.69, 9.17) is 5.11 Å². The largest absolute Gasteiger partial charge is 0.392 e. The third-order valence-electron chi connectivity index (χ3n) is 3.19. The molecule has 74 valence electrons. The molecular weight excluding hydrogens is 166 g/mol. The van der Waals surface area contributed by atoms with Crippen molar-refractivity contribution in [3.8, 4) is 0 Å². The molecule has 2 aliphatic rings. The van der Waals surface area contributed by atoms with Crippen molar-refractivity contribution in [3.05, 3.63) is 0 Å². The van der Waals surface area contributed by atoms with Crippen molar-refractivity contribution in [1.29, 1.82) is 0 Å². The fourth-order valence-electron chi connectivity index (χ4n) is 2.32. The lowest BCUT2D eigenvalue weighted by atomic mass is 10.0. The molecule has 0 aromatic heterocycles. The molecule has 2 N–H and O–H groups in total. The number of fused-ring (bicyclic) bond motifs is 1. The van der Waals surface area contributed by atoms with E-state index >= 15 is 0 Å². The average Bonchev–Trinajstić information content (AvgIpc) is 2.69. The normalized spacial score (nSPS) is 38.2. The fraction of sp³-hybridized carbons (Fsp3) is 0.900. The first-order chi connectivity index (χ1) is 6.16. The number of hydrogen-bond donors (Lipinski definition) is 2. The van der Waals surface area contributed by atoms with Crippen LogP contribution in [0, 0.1) is 17.8 Å². The predicted molar refractivity (Wildman–Crippen MR) is 49.0 cm³/mol. The summed E-state index contributed by atoms with van der Waals surface area (Å²) in [5, 5.41) is 11.8. The van der Waals surface area contributed by atoms with Crippen molar-refractivity contribution in [2.24, 2.45) is 17.8 Å². The zero-order valence-corrected chi connectivity index (χ0v) is 7.99. The molecule has 0 spiro atoms. The lowest BCUT2D eigenvalue weighted by molar-refractivity contribution is -0.125. The Kier molecular flexibility index (Phi) is 2.28. The van der Waals surface area contributed by atoms with Gasteiger partial charge in [-0.25, -0.2) is 0 Å². The Morgan fingerprint density at radius 2 is 2.08 bits per heavy atom. The van der Waals surface area contributed by atoms with Gasteiger partial charge in [-0.05, 0) is 38.0 Å². The second kappa shape index (κ2) is 3.29. The summed E-state index contributed by atoms with van der Waals surface area (Å²) in [6.45, 7) is 2.08. The maximum Gasteiger partial charge on any atom is 0.223 e. The van der Waals surface area contributed by atoms with Gasteiger partial charge in [0.05, 0.1) is 6.10 Å². The van der Waals surface area contributed by atoms with Gasteiger partial charge < -0.3 is 10.4 Å². The van der Waals surface area contributed by atoms with Gasteiger partial charge in [0.1, 0.15) is 0 Å². The Hall–Kier alpha value is -0.570. The van der Waals surface area contributed by atoms with E-state index in [1.165, 1.54) is 6.42 Å². The SMILES string of the molecule is C[C@H](O)CNC(=O)C1CC2CC2C1. The van der Waals surface area contributed by atoms with Gasteiger partial charge >= 0.3 is 0 Å². The molecule has 1 amide bonds. The van der Waals surface area contributed by atoms with Crippen LogP contribution in [-0.4, -0.2) is 23.7 Å². The molecule has 0 aliphatic heterocycles. The number of aliphatic hydroxyl groups excluding tert-OH is 1. The van der Waals surface area contributed by atoms with Crippen LogP contribution in [0.15, 0.2) is 0 Å². The molecule has 2 unspecified atom stereocenters. The summed E-state index contributed by atoms with van der Waals surface area (Å²) >= 11 is 0. The van der Waals surface area contributed by atoms with Gasteiger partial charge in [0.15, 0.2) is 0 Å². The monoisotopic (exact) mass is 183 g/mol. The first kappa shape index (κ1) is 9.00. The van der Waals surface area contributed by atoms with E-state index < -0.39 is 6.10 Å². The van der Waals surface area contributed by atoms with Crippen LogP contribution in [-0.2, 0) is 4.79 Å². The highest BCUT2D eigenvalue weighted by molar-refractivity contribution is 5.79. The number of aliphatic hydroxyl groups is 1. The van der Waals surface area contributed by atoms with Crippen molar-refractivity contribution < 1.29 is 9.90 Å². The fourth-order valence-corrected chi connectivity index (χ4v) is 2.32. The quantitative estimate of drug-likeness (QED) is 0.670. The van der Waals surface area contributed by atoms with Crippen LogP contribution >= 0.6 is 0 Å². The number of amides is 1. The van der Waals surface area contributed by atoms with Crippen molar-refractivity contribution in [3.63, 3.8) is 0 Å². The van der Waals surface area contributed by atoms with Crippen molar-refractivity contribution in [1.82, 2.24) is 5.32 Å². The molecule has 2 fully saturated rings. The highest BCUT2D eigenvalue weighted by Crippen LogP contribution is 2.54. The van der Waals surface area contributed by atoms with E-state index in [1.54, 1.807) is 6.92 Å². The van der Waals surface area contributed by atoms with E-state index in [-0.39, 0.29) is 11.8 Å². The van der Waals surface area contributed by atoms with E-state index in [1.807, 2.05) is 0 Å². The minimum Gasteiger partial charge on any atom is -0.392 e. The third kappa shape index (κ3) is 2.02. The summed E-state index contributed by atoms with van der Waals surface area (Å²) in [4.78, 5) is 11.5. The second-order valence-corrected chi connectivity index (χ2v) is 4.52. The van der Waals surface area contributed by atoms with Gasteiger partial charge in [-0.3, -0.25) is 4.79 Å². The summed E-state index contributed by atoms with van der Waals surface area (Å²) < 4.78 is 0. The molecule has 0 saturated heterocycles. The number of carbonyl (C=O) groups is 1. The molecule has 0 bridgehead atoms. The van der Waals surface area contributed by atoms with E-state index in [9.17, 15) is 4.79 Å². The first-order valence-corrected chi connectivity index (χ1v) is 5.12. The summed E-state index contributed by atoms with van der Waals surface area (Å²) in [5.74, 6) is 2.08. The summed E-state index contributed by atoms with van der Waals surface area (Å²) in [5.41, 5.74) is 0. The van der Waals surface area contributed by atoms with Crippen molar-refractivity contribution in [2.45, 2.75) is 32.3 Å². The molecular formula is C10H17NO2. The zero-order valence-electron chi connectivity index (χ0n) is 7.99. The number of hydrogen-bond acceptors (Lipinski definition) is 2. The van der Waals surface area contributed by atoms with Crippen LogP contribution in [0.2, 0.25) is 0 Å². The standard InChI is InChI=1S/C10H17NO2/c1-6(12)5-11-10(13)9-3-7-2-8(7)4-9/h6-9,12H,2-5H2,1H3,(H,11,13)/t6-,7?,8?,9?/m0/s1. The van der Waals surface area contributed by atoms with Crippen LogP contribution in [0.4, 0.5) is 0 Å². The Labute approximate surface area is 78.5 Å². The second-order valence-electron chi connectivity index (χ2n) is 4.52. The van der Waals surface area contributed by atoms with Crippen LogP contribution in [0.25, 0.3) is 0 Å². The van der Waals surface area contributed by atoms with Gasteiger partial charge in [0.25, 0.3) is 0 Å². The zero-order chi connectivity index (χ0) is 9.42. The molecule has 3 heteroatoms. The van der Waals surface area contributed by atoms with Crippen molar-refractivity contribution in [2.75, 3.05) is 6.54 Å². The van der Waals surface area contributed by atoms with Gasteiger partial charge in [-0.2, -0.15) is 0 Å². The van der Waals surface area contributed by atoms with E-state index in [0.717, 1.165) is 24.7 Å². The van der Waals surface area contributed by atoms with E-state index in [2.05, 4.69) is 5.32 Å². The Morgan fingerprint density at radius 1 is 1.46 bits per heavy atom. The molecule has 0 radical (unpaired) electrons. The molecule has 2 saturated carbocycles. The smallest absolute Gasteiger partial charge is 0.223 e. The Morgan fingerprint density at radius 3 is 2.62 bits per heavy atom. The molecule has 2 aliphatic carbocycles. The van der Waals surface area contributed by atoms with Gasteiger partial charge in [-0.1, -0.05) is 0 Å². The summed E-state index contributed by atoms with van der Waals surface area (Å²) in [6.07, 6.45) is 3.08. The summed E-state index contributed by atoms with van der Waals surface area (Å²) in [6, 6.07) is 0. The number of rotatable bonds is 3. The molecule has 13 heavy (non-hydrogen) atoms. The maximum atomic E-state index is 11.5. The molecule has 3 atom stereocenters. The lowest BCUT2D eigenvalue weighted by Crippen LogP contribution is -2.34. The van der Waals surface area contributed by atoms with E-state index in [0.29, 0.717) is 6.54 Å². The molecule has 2 rings (SSSR count). The number of nitrogens with one attached hydrogen (secondary N) is 1. The molecule has 0 aromatic carbocycles. The predicted octanol–water partition coefficient (Wildman–Crippen LogP) is 0.529. The van der Waals surface area contributed by atoms with Gasteiger partial charge in [0.2, 0.25) is 5.91 Å². The summed E-state index contributed by atoms with van der Waals surface area (Å²) in [7, 11) is 0. The molecule has 0 aromatic rings.